The van der Waals surface area contributed by atoms with Gasteiger partial charge in [-0.1, -0.05) is 45.4 Å². The van der Waals surface area contributed by atoms with E-state index >= 15 is 0 Å². The van der Waals surface area contributed by atoms with E-state index in [-0.39, 0.29) is 41.7 Å². The van der Waals surface area contributed by atoms with Gasteiger partial charge in [-0.15, -0.1) is 0 Å². The van der Waals surface area contributed by atoms with E-state index in [0.29, 0.717) is 58.1 Å². The summed E-state index contributed by atoms with van der Waals surface area (Å²) in [5.74, 6) is -0.680. The van der Waals surface area contributed by atoms with Gasteiger partial charge in [-0.25, -0.2) is 0 Å². The van der Waals surface area contributed by atoms with Crippen LogP contribution >= 0.6 is 11.6 Å². The molecule has 2 N–H and O–H groups in total. The molecule has 290 valence electrons. The van der Waals surface area contributed by atoms with Gasteiger partial charge in [0.25, 0.3) is 17.7 Å². The number of hydrogen-bond acceptors (Lipinski definition) is 9. The lowest BCUT2D eigenvalue weighted by atomic mass is 9.49. The summed E-state index contributed by atoms with van der Waals surface area (Å²) in [5, 5.41) is 15.0. The number of nitrogens with zero attached hydrogens (tertiary/aromatic N) is 4. The molecule has 5 aliphatic rings. The molecule has 1 saturated heterocycles. The Kier molecular flexibility index (Phi) is 9.53. The zero-order valence-corrected chi connectivity index (χ0v) is 32.7. The van der Waals surface area contributed by atoms with Crippen molar-refractivity contribution in [3.05, 3.63) is 92.8 Å². The lowest BCUT2D eigenvalue weighted by molar-refractivity contribution is -0.164. The van der Waals surface area contributed by atoms with Crippen molar-refractivity contribution in [2.24, 2.45) is 16.7 Å². The third kappa shape index (κ3) is 6.54. The van der Waals surface area contributed by atoms with E-state index in [0.717, 1.165) is 53.8 Å². The molecule has 3 fully saturated rings. The first kappa shape index (κ1) is 37.8. The van der Waals surface area contributed by atoms with Crippen LogP contribution in [0.5, 0.6) is 5.75 Å². The first-order chi connectivity index (χ1) is 26.6. The quantitative estimate of drug-likeness (QED) is 0.265. The summed E-state index contributed by atoms with van der Waals surface area (Å²) >= 11 is 6.24. The number of rotatable bonds is 8. The lowest BCUT2D eigenvalue weighted by Crippen LogP contribution is -2.74. The normalized spacial score (nSPS) is 26.5. The van der Waals surface area contributed by atoms with Gasteiger partial charge in [-0.3, -0.25) is 44.1 Å². The summed E-state index contributed by atoms with van der Waals surface area (Å²) in [6.07, 6.45) is 6.07. The summed E-state index contributed by atoms with van der Waals surface area (Å²) in [4.78, 5) is 72.1. The fourth-order valence-electron chi connectivity index (χ4n) is 10.2. The summed E-state index contributed by atoms with van der Waals surface area (Å²) in [6.45, 7) is 10.6. The summed E-state index contributed by atoms with van der Waals surface area (Å²) < 4.78 is 6.36. The van der Waals surface area contributed by atoms with E-state index in [4.69, 9.17) is 16.3 Å². The largest absolute Gasteiger partial charge is 0.489 e. The Balaban J connectivity index is 0.822. The second-order valence-electron chi connectivity index (χ2n) is 17.3. The van der Waals surface area contributed by atoms with Gasteiger partial charge >= 0.3 is 0 Å². The summed E-state index contributed by atoms with van der Waals surface area (Å²) in [6, 6.07) is 13.5. The van der Waals surface area contributed by atoms with E-state index < -0.39 is 29.7 Å². The van der Waals surface area contributed by atoms with Crippen LogP contribution in [0.3, 0.4) is 0 Å². The number of pyridine rings is 1. The molecule has 0 bridgehead atoms. The molecular weight excluding hydrogens is 732 g/mol. The summed E-state index contributed by atoms with van der Waals surface area (Å²) in [7, 11) is 0. The van der Waals surface area contributed by atoms with E-state index in [1.165, 1.54) is 0 Å². The highest BCUT2D eigenvalue weighted by atomic mass is 35.5. The molecule has 8 rings (SSSR count). The SMILES string of the molecule is CC1(C)C(NC(=O)c2ccc(C3CCC(CN4Cc5cc6c(cc5C4)C(=O)N(C4CCC(=O)NC4=O)C6=O)CC3)cn2)C(C)(C)C1Oc1ccc(C#N)c(Cl)c1. The van der Waals surface area contributed by atoms with Gasteiger partial charge in [0, 0.05) is 55.2 Å². The number of imide groups is 2. The number of aromatic nitrogens is 1. The number of nitriles is 1. The molecule has 5 amide bonds. The fourth-order valence-corrected chi connectivity index (χ4v) is 10.4. The molecule has 3 aliphatic heterocycles. The highest BCUT2D eigenvalue weighted by molar-refractivity contribution is 6.31. The lowest BCUT2D eigenvalue weighted by Gasteiger charge is -2.63. The smallest absolute Gasteiger partial charge is 0.270 e. The first-order valence-corrected chi connectivity index (χ1v) is 19.8. The number of hydrogen-bond donors (Lipinski definition) is 2. The third-order valence-electron chi connectivity index (χ3n) is 12.8. The number of ether oxygens (including phenoxy) is 1. The molecule has 0 spiro atoms. The second kappa shape index (κ2) is 14.1. The van der Waals surface area contributed by atoms with Crippen molar-refractivity contribution in [3.63, 3.8) is 0 Å². The minimum Gasteiger partial charge on any atom is -0.489 e. The molecule has 13 heteroatoms. The van der Waals surface area contributed by atoms with Gasteiger partial charge in [0.1, 0.15) is 29.7 Å². The highest BCUT2D eigenvalue weighted by Gasteiger charge is 2.64. The maximum absolute atomic E-state index is 13.4. The Morgan fingerprint density at radius 3 is 2.18 bits per heavy atom. The average molecular weight is 777 g/mol. The van der Waals surface area contributed by atoms with Crippen molar-refractivity contribution >= 4 is 41.1 Å². The number of carbonyl (C=O) groups excluding carboxylic acids is 5. The average Bonchev–Trinajstić information content (AvgIpc) is 3.67. The number of nitrogens with one attached hydrogen (secondary N) is 2. The van der Waals surface area contributed by atoms with Crippen molar-refractivity contribution in [3.8, 4) is 11.8 Å². The van der Waals surface area contributed by atoms with Crippen LogP contribution < -0.4 is 15.4 Å². The molecule has 56 heavy (non-hydrogen) atoms. The molecule has 2 saturated carbocycles. The predicted molar refractivity (Wildman–Crippen MR) is 206 cm³/mol. The highest BCUT2D eigenvalue weighted by Crippen LogP contribution is 2.55. The van der Waals surface area contributed by atoms with Gasteiger partial charge in [0.2, 0.25) is 11.8 Å². The zero-order chi connectivity index (χ0) is 39.7. The van der Waals surface area contributed by atoms with Gasteiger partial charge in [-0.05, 0) is 91.0 Å². The Morgan fingerprint density at radius 2 is 1.61 bits per heavy atom. The molecular formula is C43H45ClN6O6. The topological polar surface area (TPSA) is 162 Å². The van der Waals surface area contributed by atoms with Crippen LogP contribution in [0.1, 0.15) is 126 Å². The van der Waals surface area contributed by atoms with Crippen molar-refractivity contribution in [1.29, 1.82) is 5.26 Å². The van der Waals surface area contributed by atoms with Crippen LogP contribution in [0.2, 0.25) is 5.02 Å². The Labute approximate surface area is 330 Å². The zero-order valence-electron chi connectivity index (χ0n) is 32.0. The predicted octanol–water partition coefficient (Wildman–Crippen LogP) is 5.91. The molecule has 2 aliphatic carbocycles. The monoisotopic (exact) mass is 776 g/mol. The molecule has 2 aromatic carbocycles. The minimum absolute atomic E-state index is 0.0935. The molecule has 12 nitrogen and oxygen atoms in total. The number of halogens is 1. The Hall–Kier alpha value is -5.12. The van der Waals surface area contributed by atoms with Crippen molar-refractivity contribution < 1.29 is 28.7 Å². The van der Waals surface area contributed by atoms with Crippen molar-refractivity contribution in [1.82, 2.24) is 25.4 Å². The van der Waals surface area contributed by atoms with Crippen LogP contribution in [-0.4, -0.2) is 69.1 Å². The van der Waals surface area contributed by atoms with Crippen LogP contribution in [0, 0.1) is 28.1 Å². The first-order valence-electron chi connectivity index (χ1n) is 19.4. The fraction of sp³-hybridized carbons (Fsp3) is 0.465. The van der Waals surface area contributed by atoms with Gasteiger partial charge in [0.05, 0.1) is 21.7 Å². The number of piperidine rings is 1. The van der Waals surface area contributed by atoms with E-state index in [2.05, 4.69) is 54.3 Å². The molecule has 1 atom stereocenters. The van der Waals surface area contributed by atoms with Crippen LogP contribution in [-0.2, 0) is 22.7 Å². The third-order valence-corrected chi connectivity index (χ3v) is 13.1. The van der Waals surface area contributed by atoms with Crippen LogP contribution in [0.4, 0.5) is 0 Å². The van der Waals surface area contributed by atoms with Crippen molar-refractivity contribution in [2.75, 3.05) is 6.54 Å². The van der Waals surface area contributed by atoms with Gasteiger partial charge in [0.15, 0.2) is 0 Å². The molecule has 4 heterocycles. The van der Waals surface area contributed by atoms with Gasteiger partial charge < -0.3 is 10.1 Å². The molecule has 1 aromatic heterocycles. The number of amides is 5. The van der Waals surface area contributed by atoms with Crippen molar-refractivity contribution in [2.45, 2.75) is 103 Å². The van der Waals surface area contributed by atoms with E-state index in [9.17, 15) is 29.2 Å². The Morgan fingerprint density at radius 1 is 0.946 bits per heavy atom. The second-order valence-corrected chi connectivity index (χ2v) is 17.7. The molecule has 0 radical (unpaired) electrons. The maximum atomic E-state index is 13.4. The Bertz CT molecular complexity index is 2140. The summed E-state index contributed by atoms with van der Waals surface area (Å²) in [5.41, 5.74) is 3.88. The number of benzene rings is 2. The molecule has 1 unspecified atom stereocenters. The minimum atomic E-state index is -0.966. The van der Waals surface area contributed by atoms with Crippen LogP contribution in [0.25, 0.3) is 0 Å². The van der Waals surface area contributed by atoms with Crippen LogP contribution in [0.15, 0.2) is 48.7 Å². The number of carbonyl (C=O) groups is 5. The number of fused-ring (bicyclic) bond motifs is 2. The standard InChI is InChI=1S/C43H45ClN6O6/c1-42(2)40(43(3,4)41(42)56-29-11-9-25(18-45)32(44)17-29)48-36(52)33-12-10-26(19-46-33)24-7-5-23(6-8-24)20-49-21-27-15-30-31(16-28(27)22-49)39(55)50(38(30)54)34-13-14-35(51)47-37(34)53/h9-12,15-17,19,23-24,34,40-41H,5-8,13-14,20-22H2,1-4H3,(H,48,52)(H,47,51,53). The van der Waals surface area contributed by atoms with E-state index in [1.54, 1.807) is 18.2 Å². The van der Waals surface area contributed by atoms with E-state index in [1.807, 2.05) is 30.5 Å². The maximum Gasteiger partial charge on any atom is 0.270 e. The molecule has 3 aromatic rings. The van der Waals surface area contributed by atoms with Gasteiger partial charge in [-0.2, -0.15) is 5.26 Å².